The first-order chi connectivity index (χ1) is 7.26. The highest BCUT2D eigenvalue weighted by Gasteiger charge is 2.01. The topological polar surface area (TPSA) is 30.8 Å². The molecular formula is C11H14FNO2. The molecule has 0 aromatic heterocycles. The number of ether oxygens (including phenoxy) is 2. The van der Waals surface area contributed by atoms with Gasteiger partial charge < -0.3 is 9.47 Å². The van der Waals surface area contributed by atoms with Crippen molar-refractivity contribution in [1.29, 1.82) is 0 Å². The fraction of sp³-hybridized carbons (Fsp3) is 0.364. The number of benzene rings is 1. The Balaban J connectivity index is 2.50. The normalized spacial score (nSPS) is 11.5. The smallest absolute Gasteiger partial charge is 0.176 e. The van der Waals surface area contributed by atoms with Crippen molar-refractivity contribution in [2.45, 2.75) is 6.29 Å². The zero-order valence-corrected chi connectivity index (χ0v) is 8.81. The van der Waals surface area contributed by atoms with Gasteiger partial charge in [0.2, 0.25) is 0 Å². The highest BCUT2D eigenvalue weighted by atomic mass is 19.1. The van der Waals surface area contributed by atoms with Gasteiger partial charge in [-0.25, -0.2) is 4.39 Å². The fourth-order valence-corrected chi connectivity index (χ4v) is 1.08. The Labute approximate surface area is 88.5 Å². The summed E-state index contributed by atoms with van der Waals surface area (Å²) in [4.78, 5) is 4.08. The van der Waals surface area contributed by atoms with Gasteiger partial charge in [0.1, 0.15) is 5.82 Å². The van der Waals surface area contributed by atoms with Crippen LogP contribution in [-0.2, 0) is 9.47 Å². The van der Waals surface area contributed by atoms with Crippen LogP contribution in [0.3, 0.4) is 0 Å². The molecule has 0 fully saturated rings. The third-order valence-corrected chi connectivity index (χ3v) is 1.87. The van der Waals surface area contributed by atoms with E-state index in [0.717, 1.165) is 5.56 Å². The third-order valence-electron chi connectivity index (χ3n) is 1.87. The highest BCUT2D eigenvalue weighted by Crippen LogP contribution is 2.01. The largest absolute Gasteiger partial charge is 0.354 e. The zero-order valence-electron chi connectivity index (χ0n) is 8.81. The first kappa shape index (κ1) is 11.8. The van der Waals surface area contributed by atoms with Crippen molar-refractivity contribution in [2.24, 2.45) is 4.99 Å². The van der Waals surface area contributed by atoms with Crippen molar-refractivity contribution < 1.29 is 13.9 Å². The first-order valence-electron chi connectivity index (χ1n) is 4.57. The van der Waals surface area contributed by atoms with E-state index in [2.05, 4.69) is 4.99 Å². The van der Waals surface area contributed by atoms with E-state index in [-0.39, 0.29) is 12.1 Å². The van der Waals surface area contributed by atoms with Gasteiger partial charge in [0.15, 0.2) is 6.29 Å². The van der Waals surface area contributed by atoms with Crippen LogP contribution in [0, 0.1) is 5.82 Å². The van der Waals surface area contributed by atoms with Gasteiger partial charge in [0, 0.05) is 20.4 Å². The molecule has 0 aliphatic carbocycles. The Kier molecular flexibility index (Phi) is 4.93. The third kappa shape index (κ3) is 4.18. The predicted octanol–water partition coefficient (Wildman–Crippen LogP) is 1.86. The lowest BCUT2D eigenvalue weighted by atomic mass is 10.2. The van der Waals surface area contributed by atoms with E-state index >= 15 is 0 Å². The molecule has 0 N–H and O–H groups in total. The summed E-state index contributed by atoms with van der Waals surface area (Å²) < 4.78 is 22.7. The van der Waals surface area contributed by atoms with Crippen LogP contribution in [0.1, 0.15) is 5.56 Å². The molecule has 0 amide bonds. The minimum Gasteiger partial charge on any atom is -0.354 e. The fourth-order valence-electron chi connectivity index (χ4n) is 1.08. The Bertz CT molecular complexity index is 324. The van der Waals surface area contributed by atoms with Crippen LogP contribution in [0.5, 0.6) is 0 Å². The van der Waals surface area contributed by atoms with Crippen LogP contribution >= 0.6 is 0 Å². The molecule has 1 rings (SSSR count). The Morgan fingerprint density at radius 2 is 2.13 bits per heavy atom. The van der Waals surface area contributed by atoms with Gasteiger partial charge in [-0.15, -0.1) is 0 Å². The molecule has 0 bridgehead atoms. The van der Waals surface area contributed by atoms with E-state index < -0.39 is 0 Å². The average molecular weight is 211 g/mol. The number of methoxy groups -OCH3 is 2. The predicted molar refractivity (Wildman–Crippen MR) is 56.7 cm³/mol. The van der Waals surface area contributed by atoms with E-state index in [9.17, 15) is 4.39 Å². The molecule has 4 heteroatoms. The molecule has 0 spiro atoms. The highest BCUT2D eigenvalue weighted by molar-refractivity contribution is 5.79. The number of hydrogen-bond acceptors (Lipinski definition) is 3. The molecule has 0 saturated carbocycles. The molecule has 0 heterocycles. The lowest BCUT2D eigenvalue weighted by Gasteiger charge is -2.09. The molecule has 1 aromatic rings. The van der Waals surface area contributed by atoms with Crippen molar-refractivity contribution in [3.8, 4) is 0 Å². The summed E-state index contributed by atoms with van der Waals surface area (Å²) >= 11 is 0. The van der Waals surface area contributed by atoms with Crippen LogP contribution in [0.4, 0.5) is 4.39 Å². The molecule has 0 saturated heterocycles. The van der Waals surface area contributed by atoms with Gasteiger partial charge in [-0.2, -0.15) is 0 Å². The van der Waals surface area contributed by atoms with Gasteiger partial charge in [-0.1, -0.05) is 12.1 Å². The maximum Gasteiger partial charge on any atom is 0.176 e. The minimum absolute atomic E-state index is 0.269. The molecule has 15 heavy (non-hydrogen) atoms. The second kappa shape index (κ2) is 6.27. The zero-order chi connectivity index (χ0) is 11.1. The van der Waals surface area contributed by atoms with Crippen molar-refractivity contribution in [2.75, 3.05) is 20.8 Å². The van der Waals surface area contributed by atoms with Crippen LogP contribution in [0.2, 0.25) is 0 Å². The molecular weight excluding hydrogens is 197 g/mol. The Hall–Kier alpha value is -1.26. The summed E-state index contributed by atoms with van der Waals surface area (Å²) in [6, 6.07) is 6.23. The number of hydrogen-bond donors (Lipinski definition) is 0. The van der Waals surface area contributed by atoms with Crippen molar-refractivity contribution >= 4 is 6.21 Å². The van der Waals surface area contributed by atoms with Crippen molar-refractivity contribution in [3.05, 3.63) is 35.6 Å². The molecule has 0 atom stereocenters. The molecule has 1 aromatic carbocycles. The van der Waals surface area contributed by atoms with Gasteiger partial charge in [-0.05, 0) is 17.7 Å². The monoisotopic (exact) mass is 211 g/mol. The SMILES string of the molecule is COC(CN=Cc1cccc(F)c1)OC. The summed E-state index contributed by atoms with van der Waals surface area (Å²) in [5, 5.41) is 0. The maximum absolute atomic E-state index is 12.8. The minimum atomic E-state index is -0.352. The number of rotatable bonds is 5. The Morgan fingerprint density at radius 1 is 1.40 bits per heavy atom. The van der Waals surface area contributed by atoms with Crippen LogP contribution in [-0.4, -0.2) is 33.3 Å². The van der Waals surface area contributed by atoms with Gasteiger partial charge in [0.25, 0.3) is 0 Å². The van der Waals surface area contributed by atoms with E-state index in [1.807, 2.05) is 0 Å². The standard InChI is InChI=1S/C11H14FNO2/c1-14-11(15-2)8-13-7-9-4-3-5-10(12)6-9/h3-7,11H,8H2,1-2H3. The molecule has 82 valence electrons. The van der Waals surface area contributed by atoms with Crippen LogP contribution in [0.25, 0.3) is 0 Å². The lowest BCUT2D eigenvalue weighted by Crippen LogP contribution is -2.16. The van der Waals surface area contributed by atoms with Crippen molar-refractivity contribution in [3.63, 3.8) is 0 Å². The van der Waals surface area contributed by atoms with Crippen molar-refractivity contribution in [1.82, 2.24) is 0 Å². The summed E-state index contributed by atoms with van der Waals surface area (Å²) in [5.41, 5.74) is 0.723. The summed E-state index contributed by atoms with van der Waals surface area (Å²) in [7, 11) is 3.09. The van der Waals surface area contributed by atoms with E-state index in [4.69, 9.17) is 9.47 Å². The number of halogens is 1. The summed E-state index contributed by atoms with van der Waals surface area (Å²) in [6.45, 7) is 0.392. The molecule has 0 aliphatic rings. The van der Waals surface area contributed by atoms with Crippen LogP contribution in [0.15, 0.2) is 29.3 Å². The van der Waals surface area contributed by atoms with Gasteiger partial charge >= 0.3 is 0 Å². The van der Waals surface area contributed by atoms with Gasteiger partial charge in [-0.3, -0.25) is 4.99 Å². The summed E-state index contributed by atoms with van der Waals surface area (Å²) in [5.74, 6) is -0.269. The summed E-state index contributed by atoms with van der Waals surface area (Å²) in [6.07, 6.45) is 1.24. The van der Waals surface area contributed by atoms with E-state index in [1.165, 1.54) is 12.1 Å². The van der Waals surface area contributed by atoms with E-state index in [1.54, 1.807) is 32.6 Å². The second-order valence-corrected chi connectivity index (χ2v) is 2.95. The second-order valence-electron chi connectivity index (χ2n) is 2.95. The quantitative estimate of drug-likeness (QED) is 0.550. The van der Waals surface area contributed by atoms with Crippen LogP contribution < -0.4 is 0 Å². The lowest BCUT2D eigenvalue weighted by molar-refractivity contribution is -0.0936. The first-order valence-corrected chi connectivity index (χ1v) is 4.57. The van der Waals surface area contributed by atoms with Gasteiger partial charge in [0.05, 0.1) is 6.54 Å². The van der Waals surface area contributed by atoms with E-state index in [0.29, 0.717) is 6.54 Å². The molecule has 3 nitrogen and oxygen atoms in total. The molecule has 0 radical (unpaired) electrons. The Morgan fingerprint density at radius 3 is 2.73 bits per heavy atom. The molecule has 0 unspecified atom stereocenters. The average Bonchev–Trinajstić information content (AvgIpc) is 2.25. The number of aliphatic imine (C=N–C) groups is 1. The number of nitrogens with zero attached hydrogens (tertiary/aromatic N) is 1. The maximum atomic E-state index is 12.8. The molecule has 0 aliphatic heterocycles.